The Bertz CT molecular complexity index is 227. The van der Waals surface area contributed by atoms with E-state index in [-0.39, 0.29) is 0 Å². The maximum atomic E-state index is 11.6. The van der Waals surface area contributed by atoms with Crippen LogP contribution in [0.3, 0.4) is 0 Å². The average molecular weight is 233 g/mol. The molecule has 1 saturated heterocycles. The Hall–Kier alpha value is -0.770. The molecule has 2 amide bonds. The van der Waals surface area contributed by atoms with Gasteiger partial charge in [-0.3, -0.25) is 9.59 Å². The van der Waals surface area contributed by atoms with Crippen LogP contribution in [0, 0.1) is 0 Å². The molecular formula is C10H17ClN2O2. The number of hydrogen-bond donors (Lipinski definition) is 1. The van der Waals surface area contributed by atoms with Crippen LogP contribution in [0.1, 0.15) is 25.7 Å². The van der Waals surface area contributed by atoms with Crippen molar-refractivity contribution in [3.8, 4) is 0 Å². The van der Waals surface area contributed by atoms with Crippen LogP contribution in [0.4, 0.5) is 0 Å². The van der Waals surface area contributed by atoms with E-state index in [0.717, 1.165) is 19.3 Å². The van der Waals surface area contributed by atoms with Crippen molar-refractivity contribution in [3.63, 3.8) is 0 Å². The molecule has 1 fully saturated rings. The molecular weight excluding hydrogens is 216 g/mol. The lowest BCUT2D eigenvalue weighted by atomic mass is 10.1. The molecule has 0 aromatic heterocycles. The van der Waals surface area contributed by atoms with Gasteiger partial charge < -0.3 is 10.2 Å². The van der Waals surface area contributed by atoms with Crippen LogP contribution in [0.25, 0.3) is 0 Å². The second-order valence-corrected chi connectivity index (χ2v) is 4.03. The number of carbonyl (C=O) groups excluding carboxylic acids is 2. The molecule has 0 aliphatic carbocycles. The first-order valence-electron chi connectivity index (χ1n) is 5.39. The molecule has 1 aliphatic heterocycles. The van der Waals surface area contributed by atoms with E-state index >= 15 is 0 Å². The number of rotatable bonds is 3. The quantitative estimate of drug-likeness (QED) is 0.443. The third kappa shape index (κ3) is 4.08. The molecule has 1 aliphatic rings. The van der Waals surface area contributed by atoms with Gasteiger partial charge in [0.15, 0.2) is 0 Å². The van der Waals surface area contributed by atoms with Gasteiger partial charge in [0.1, 0.15) is 0 Å². The minimum absolute atomic E-state index is 0.399. The first kappa shape index (κ1) is 12.3. The van der Waals surface area contributed by atoms with Crippen LogP contribution in [-0.4, -0.2) is 42.2 Å². The normalized spacial score (nSPS) is 16.2. The SMILES string of the molecule is O=C(NCCCCl)C(=O)N1CCCCC1. The van der Waals surface area contributed by atoms with Gasteiger partial charge in [0.25, 0.3) is 0 Å². The molecule has 0 aromatic carbocycles. The highest BCUT2D eigenvalue weighted by Gasteiger charge is 2.22. The van der Waals surface area contributed by atoms with Crippen LogP contribution < -0.4 is 5.32 Å². The number of amides is 2. The predicted octanol–water partition coefficient (Wildman–Crippen LogP) is 0.744. The number of alkyl halides is 1. The Morgan fingerprint density at radius 2 is 1.87 bits per heavy atom. The van der Waals surface area contributed by atoms with Gasteiger partial charge in [-0.25, -0.2) is 0 Å². The molecule has 5 heteroatoms. The summed E-state index contributed by atoms with van der Waals surface area (Å²) in [6, 6.07) is 0. The van der Waals surface area contributed by atoms with Gasteiger partial charge in [0.2, 0.25) is 0 Å². The summed E-state index contributed by atoms with van der Waals surface area (Å²) in [7, 11) is 0. The third-order valence-electron chi connectivity index (χ3n) is 2.43. The third-order valence-corrected chi connectivity index (χ3v) is 2.70. The zero-order valence-electron chi connectivity index (χ0n) is 8.80. The Morgan fingerprint density at radius 1 is 1.20 bits per heavy atom. The minimum atomic E-state index is -0.498. The van der Waals surface area contributed by atoms with E-state index in [2.05, 4.69) is 5.32 Å². The lowest BCUT2D eigenvalue weighted by Crippen LogP contribution is -2.45. The average Bonchev–Trinajstić information content (AvgIpc) is 2.29. The van der Waals surface area contributed by atoms with Gasteiger partial charge in [0, 0.05) is 25.5 Å². The van der Waals surface area contributed by atoms with Crippen LogP contribution in [0.2, 0.25) is 0 Å². The zero-order valence-corrected chi connectivity index (χ0v) is 9.55. The van der Waals surface area contributed by atoms with Gasteiger partial charge >= 0.3 is 11.8 Å². The van der Waals surface area contributed by atoms with Crippen LogP contribution >= 0.6 is 11.6 Å². The van der Waals surface area contributed by atoms with Crippen LogP contribution in [0.5, 0.6) is 0 Å². The van der Waals surface area contributed by atoms with Gasteiger partial charge in [-0.05, 0) is 25.7 Å². The van der Waals surface area contributed by atoms with Crippen molar-refractivity contribution < 1.29 is 9.59 Å². The van der Waals surface area contributed by atoms with E-state index in [1.54, 1.807) is 4.90 Å². The van der Waals surface area contributed by atoms with Crippen molar-refractivity contribution in [2.75, 3.05) is 25.5 Å². The number of nitrogens with zero attached hydrogens (tertiary/aromatic N) is 1. The Kier molecular flexibility index (Phi) is 5.47. The van der Waals surface area contributed by atoms with Crippen molar-refractivity contribution in [3.05, 3.63) is 0 Å². The van der Waals surface area contributed by atoms with E-state index in [9.17, 15) is 9.59 Å². The van der Waals surface area contributed by atoms with Crippen molar-refractivity contribution in [1.29, 1.82) is 0 Å². The van der Waals surface area contributed by atoms with Gasteiger partial charge in [-0.2, -0.15) is 0 Å². The molecule has 0 aromatic rings. The second-order valence-electron chi connectivity index (χ2n) is 3.65. The Balaban J connectivity index is 2.28. The molecule has 0 atom stereocenters. The summed E-state index contributed by atoms with van der Waals surface area (Å²) in [4.78, 5) is 24.6. The van der Waals surface area contributed by atoms with Crippen molar-refractivity contribution in [2.24, 2.45) is 0 Å². The van der Waals surface area contributed by atoms with Crippen molar-refractivity contribution in [1.82, 2.24) is 10.2 Å². The number of halogens is 1. The molecule has 1 N–H and O–H groups in total. The first-order valence-corrected chi connectivity index (χ1v) is 5.92. The topological polar surface area (TPSA) is 49.4 Å². The van der Waals surface area contributed by atoms with Crippen molar-refractivity contribution in [2.45, 2.75) is 25.7 Å². The minimum Gasteiger partial charge on any atom is -0.348 e. The van der Waals surface area contributed by atoms with E-state index in [1.807, 2.05) is 0 Å². The monoisotopic (exact) mass is 232 g/mol. The number of hydrogen-bond acceptors (Lipinski definition) is 2. The summed E-state index contributed by atoms with van der Waals surface area (Å²) in [6.45, 7) is 1.89. The van der Waals surface area contributed by atoms with Crippen LogP contribution in [0.15, 0.2) is 0 Å². The fraction of sp³-hybridized carbons (Fsp3) is 0.800. The number of carbonyl (C=O) groups is 2. The highest BCUT2D eigenvalue weighted by atomic mass is 35.5. The van der Waals surface area contributed by atoms with Crippen molar-refractivity contribution >= 4 is 23.4 Å². The number of nitrogens with one attached hydrogen (secondary N) is 1. The molecule has 0 saturated carbocycles. The zero-order chi connectivity index (χ0) is 11.1. The summed E-state index contributed by atoms with van der Waals surface area (Å²) in [6.07, 6.45) is 3.85. The van der Waals surface area contributed by atoms with Gasteiger partial charge in [-0.1, -0.05) is 0 Å². The highest BCUT2D eigenvalue weighted by Crippen LogP contribution is 2.08. The van der Waals surface area contributed by atoms with E-state index < -0.39 is 11.8 Å². The first-order chi connectivity index (χ1) is 7.25. The summed E-state index contributed by atoms with van der Waals surface area (Å²) in [5.74, 6) is -0.399. The van der Waals surface area contributed by atoms with Crippen LogP contribution in [-0.2, 0) is 9.59 Å². The van der Waals surface area contributed by atoms with E-state index in [0.29, 0.717) is 31.9 Å². The molecule has 0 radical (unpaired) electrons. The lowest BCUT2D eigenvalue weighted by Gasteiger charge is -2.25. The second kappa shape index (κ2) is 6.67. The summed E-state index contributed by atoms with van der Waals surface area (Å²) in [5.41, 5.74) is 0. The maximum absolute atomic E-state index is 11.6. The summed E-state index contributed by atoms with van der Waals surface area (Å²) in [5, 5.41) is 2.57. The number of piperidine rings is 1. The molecule has 1 heterocycles. The van der Waals surface area contributed by atoms with Gasteiger partial charge in [-0.15, -0.1) is 11.6 Å². The fourth-order valence-electron chi connectivity index (χ4n) is 1.58. The Morgan fingerprint density at radius 3 is 2.47 bits per heavy atom. The number of likely N-dealkylation sites (tertiary alicyclic amines) is 1. The molecule has 15 heavy (non-hydrogen) atoms. The maximum Gasteiger partial charge on any atom is 0.311 e. The standard InChI is InChI=1S/C10H17ClN2O2/c11-5-4-6-12-9(14)10(15)13-7-2-1-3-8-13/h1-8H2,(H,12,14). The van der Waals surface area contributed by atoms with E-state index in [4.69, 9.17) is 11.6 Å². The molecule has 0 bridgehead atoms. The molecule has 0 unspecified atom stereocenters. The summed E-state index contributed by atoms with van der Waals surface area (Å²) >= 11 is 5.47. The lowest BCUT2D eigenvalue weighted by molar-refractivity contribution is -0.146. The van der Waals surface area contributed by atoms with E-state index in [1.165, 1.54) is 0 Å². The van der Waals surface area contributed by atoms with Gasteiger partial charge in [0.05, 0.1) is 0 Å². The molecule has 1 rings (SSSR count). The predicted molar refractivity (Wildman–Crippen MR) is 58.8 cm³/mol. The smallest absolute Gasteiger partial charge is 0.311 e. The largest absolute Gasteiger partial charge is 0.348 e. The Labute approximate surface area is 95.0 Å². The molecule has 4 nitrogen and oxygen atoms in total. The highest BCUT2D eigenvalue weighted by molar-refractivity contribution is 6.35. The summed E-state index contributed by atoms with van der Waals surface area (Å²) < 4.78 is 0. The molecule has 0 spiro atoms. The fourth-order valence-corrected chi connectivity index (χ4v) is 1.72. The molecule has 86 valence electrons.